The van der Waals surface area contributed by atoms with Gasteiger partial charge in [0.25, 0.3) is 0 Å². The molecule has 0 aliphatic heterocycles. The molecular formula is C20H21ClO4. The molecule has 0 aromatic heterocycles. The Morgan fingerprint density at radius 2 is 1.64 bits per heavy atom. The van der Waals surface area contributed by atoms with Gasteiger partial charge in [-0.05, 0) is 64.1 Å². The van der Waals surface area contributed by atoms with Crippen LogP contribution in [0.3, 0.4) is 0 Å². The Bertz CT molecular complexity index is 764. The fourth-order valence-electron chi connectivity index (χ4n) is 2.16. The second-order valence-corrected chi connectivity index (χ2v) is 6.87. The summed E-state index contributed by atoms with van der Waals surface area (Å²) in [5.74, 6) is -0.188. The number of ketones is 1. The van der Waals surface area contributed by atoms with Gasteiger partial charge in [0.2, 0.25) is 0 Å². The molecule has 132 valence electrons. The fourth-order valence-corrected chi connectivity index (χ4v) is 2.29. The van der Waals surface area contributed by atoms with E-state index in [0.717, 1.165) is 0 Å². The van der Waals surface area contributed by atoms with Crippen molar-refractivity contribution in [3.8, 4) is 5.75 Å². The second kappa shape index (κ2) is 7.70. The van der Waals surface area contributed by atoms with Crippen LogP contribution in [0, 0.1) is 0 Å². The average molecular weight is 361 g/mol. The van der Waals surface area contributed by atoms with Crippen LogP contribution in [-0.2, 0) is 9.53 Å². The van der Waals surface area contributed by atoms with Crippen molar-refractivity contribution in [2.24, 2.45) is 0 Å². The zero-order chi connectivity index (χ0) is 18.6. The van der Waals surface area contributed by atoms with Crippen LogP contribution < -0.4 is 4.74 Å². The van der Waals surface area contributed by atoms with E-state index >= 15 is 0 Å². The topological polar surface area (TPSA) is 52.6 Å². The highest BCUT2D eigenvalue weighted by molar-refractivity contribution is 6.30. The SMILES string of the molecule is CC(C)OC(=O)C(C)(C)Oc1cccc(C(=O)c2ccc(Cl)cc2)c1. The molecule has 0 unspecified atom stereocenters. The van der Waals surface area contributed by atoms with Crippen molar-refractivity contribution < 1.29 is 19.1 Å². The molecule has 0 aliphatic carbocycles. The highest BCUT2D eigenvalue weighted by Gasteiger charge is 2.32. The number of hydrogen-bond donors (Lipinski definition) is 0. The molecule has 0 amide bonds. The lowest BCUT2D eigenvalue weighted by molar-refractivity contribution is -0.163. The first-order valence-corrected chi connectivity index (χ1v) is 8.37. The smallest absolute Gasteiger partial charge is 0.350 e. The predicted octanol–water partition coefficient (Wildman–Crippen LogP) is 4.68. The molecule has 2 rings (SSSR count). The lowest BCUT2D eigenvalue weighted by Gasteiger charge is -2.25. The Hall–Kier alpha value is -2.33. The molecule has 0 atom stereocenters. The third-order valence-electron chi connectivity index (χ3n) is 3.41. The summed E-state index contributed by atoms with van der Waals surface area (Å²) in [5, 5.41) is 0.569. The van der Waals surface area contributed by atoms with E-state index in [1.54, 1.807) is 76.2 Å². The van der Waals surface area contributed by atoms with Gasteiger partial charge < -0.3 is 9.47 Å². The van der Waals surface area contributed by atoms with Crippen molar-refractivity contribution in [2.45, 2.75) is 39.4 Å². The number of benzene rings is 2. The van der Waals surface area contributed by atoms with Crippen molar-refractivity contribution >= 4 is 23.4 Å². The number of carbonyl (C=O) groups is 2. The maximum atomic E-state index is 12.6. The van der Waals surface area contributed by atoms with Crippen LogP contribution >= 0.6 is 11.6 Å². The van der Waals surface area contributed by atoms with Gasteiger partial charge in [0.15, 0.2) is 11.4 Å². The number of hydrogen-bond acceptors (Lipinski definition) is 4. The molecular weight excluding hydrogens is 340 g/mol. The number of rotatable bonds is 6. The molecule has 25 heavy (non-hydrogen) atoms. The van der Waals surface area contributed by atoms with E-state index in [0.29, 0.717) is 21.9 Å². The van der Waals surface area contributed by atoms with Gasteiger partial charge in [-0.25, -0.2) is 4.79 Å². The molecule has 2 aromatic rings. The maximum absolute atomic E-state index is 12.6. The van der Waals surface area contributed by atoms with E-state index in [4.69, 9.17) is 21.1 Å². The largest absolute Gasteiger partial charge is 0.476 e. The van der Waals surface area contributed by atoms with E-state index in [9.17, 15) is 9.59 Å². The van der Waals surface area contributed by atoms with Crippen molar-refractivity contribution in [1.29, 1.82) is 0 Å². The number of ether oxygens (including phenoxy) is 2. The molecule has 0 heterocycles. The quantitative estimate of drug-likeness (QED) is 0.554. The van der Waals surface area contributed by atoms with E-state index in [-0.39, 0.29) is 11.9 Å². The number of halogens is 1. The summed E-state index contributed by atoms with van der Waals surface area (Å²) in [4.78, 5) is 24.7. The summed E-state index contributed by atoms with van der Waals surface area (Å²) in [6.07, 6.45) is -0.229. The first kappa shape index (κ1) is 19.0. The van der Waals surface area contributed by atoms with E-state index in [1.165, 1.54) is 0 Å². The van der Waals surface area contributed by atoms with Gasteiger partial charge in [-0.3, -0.25) is 4.79 Å². The molecule has 0 radical (unpaired) electrons. The van der Waals surface area contributed by atoms with Crippen LogP contribution in [0.4, 0.5) is 0 Å². The highest BCUT2D eigenvalue weighted by Crippen LogP contribution is 2.23. The Kier molecular flexibility index (Phi) is 5.85. The first-order chi connectivity index (χ1) is 11.7. The minimum atomic E-state index is -1.16. The average Bonchev–Trinajstić information content (AvgIpc) is 2.54. The molecule has 0 spiro atoms. The molecule has 0 N–H and O–H groups in total. The molecule has 0 fully saturated rings. The van der Waals surface area contributed by atoms with Crippen molar-refractivity contribution in [1.82, 2.24) is 0 Å². The molecule has 0 saturated carbocycles. The van der Waals surface area contributed by atoms with Crippen LogP contribution in [0.5, 0.6) is 5.75 Å². The van der Waals surface area contributed by atoms with Crippen LogP contribution in [0.25, 0.3) is 0 Å². The van der Waals surface area contributed by atoms with E-state index in [2.05, 4.69) is 0 Å². The van der Waals surface area contributed by atoms with Crippen LogP contribution in [0.2, 0.25) is 5.02 Å². The second-order valence-electron chi connectivity index (χ2n) is 6.43. The fraction of sp³-hybridized carbons (Fsp3) is 0.300. The third-order valence-corrected chi connectivity index (χ3v) is 3.66. The van der Waals surface area contributed by atoms with E-state index < -0.39 is 11.6 Å². The highest BCUT2D eigenvalue weighted by atomic mass is 35.5. The normalized spacial score (nSPS) is 11.3. The molecule has 2 aromatic carbocycles. The van der Waals surface area contributed by atoms with E-state index in [1.807, 2.05) is 0 Å². The minimum Gasteiger partial charge on any atom is -0.476 e. The van der Waals surface area contributed by atoms with Gasteiger partial charge in [-0.1, -0.05) is 23.7 Å². The summed E-state index contributed by atoms with van der Waals surface area (Å²) in [5.41, 5.74) is -0.167. The number of carbonyl (C=O) groups excluding carboxylic acids is 2. The molecule has 0 bridgehead atoms. The van der Waals surface area contributed by atoms with Gasteiger partial charge >= 0.3 is 5.97 Å². The standard InChI is InChI=1S/C20H21ClO4/c1-13(2)24-19(23)20(3,4)25-17-7-5-6-15(12-17)18(22)14-8-10-16(21)11-9-14/h5-13H,1-4H3. The first-order valence-electron chi connectivity index (χ1n) is 7.99. The Labute approximate surface area is 152 Å². The van der Waals surface area contributed by atoms with Gasteiger partial charge in [0.1, 0.15) is 5.75 Å². The van der Waals surface area contributed by atoms with Crippen molar-refractivity contribution in [2.75, 3.05) is 0 Å². The minimum absolute atomic E-state index is 0.148. The van der Waals surface area contributed by atoms with Crippen molar-refractivity contribution in [3.63, 3.8) is 0 Å². The molecule has 5 heteroatoms. The van der Waals surface area contributed by atoms with Gasteiger partial charge in [-0.2, -0.15) is 0 Å². The van der Waals surface area contributed by atoms with Crippen molar-refractivity contribution in [3.05, 3.63) is 64.7 Å². The Morgan fingerprint density at radius 1 is 1.00 bits per heavy atom. The summed E-state index contributed by atoms with van der Waals surface area (Å²) >= 11 is 5.85. The molecule has 4 nitrogen and oxygen atoms in total. The maximum Gasteiger partial charge on any atom is 0.350 e. The van der Waals surface area contributed by atoms with Gasteiger partial charge in [0.05, 0.1) is 6.10 Å². The van der Waals surface area contributed by atoms with Crippen LogP contribution in [0.15, 0.2) is 48.5 Å². The summed E-state index contributed by atoms with van der Waals surface area (Å²) in [6, 6.07) is 13.4. The third kappa shape index (κ3) is 5.07. The van der Waals surface area contributed by atoms with Gasteiger partial charge in [-0.15, -0.1) is 0 Å². The zero-order valence-corrected chi connectivity index (χ0v) is 15.5. The van der Waals surface area contributed by atoms with Gasteiger partial charge in [0, 0.05) is 16.1 Å². The summed E-state index contributed by atoms with van der Waals surface area (Å²) in [7, 11) is 0. The predicted molar refractivity (Wildman–Crippen MR) is 97.3 cm³/mol. The van der Waals surface area contributed by atoms with Crippen LogP contribution in [-0.4, -0.2) is 23.5 Å². The zero-order valence-electron chi connectivity index (χ0n) is 14.7. The number of esters is 1. The Morgan fingerprint density at radius 3 is 2.24 bits per heavy atom. The lowest BCUT2D eigenvalue weighted by atomic mass is 10.0. The lowest BCUT2D eigenvalue weighted by Crippen LogP contribution is -2.40. The molecule has 0 aliphatic rings. The Balaban J connectivity index is 2.19. The summed E-state index contributed by atoms with van der Waals surface area (Å²) in [6.45, 7) is 6.82. The monoisotopic (exact) mass is 360 g/mol. The van der Waals surface area contributed by atoms with Crippen LogP contribution in [0.1, 0.15) is 43.6 Å². The molecule has 0 saturated heterocycles. The summed E-state index contributed by atoms with van der Waals surface area (Å²) < 4.78 is 11.0.